The molecule has 1 aliphatic heterocycles. The molecule has 0 bridgehead atoms. The van der Waals surface area contributed by atoms with E-state index in [1.54, 1.807) is 0 Å². The third-order valence-electron chi connectivity index (χ3n) is 3.09. The zero-order valence-electron chi connectivity index (χ0n) is 9.91. The van der Waals surface area contributed by atoms with Crippen molar-refractivity contribution in [3.8, 4) is 0 Å². The fourth-order valence-electron chi connectivity index (χ4n) is 2.16. The summed E-state index contributed by atoms with van der Waals surface area (Å²) in [6.45, 7) is 2.22. The lowest BCUT2D eigenvalue weighted by atomic mass is 9.98. The van der Waals surface area contributed by atoms with Crippen molar-refractivity contribution >= 4 is 16.1 Å². The van der Waals surface area contributed by atoms with Crippen molar-refractivity contribution in [3.05, 3.63) is 12.3 Å². The lowest BCUT2D eigenvalue weighted by Crippen LogP contribution is -2.46. The summed E-state index contributed by atoms with van der Waals surface area (Å²) in [5.74, 6) is -0.00195. The van der Waals surface area contributed by atoms with E-state index >= 15 is 0 Å². The molecule has 0 radical (unpaired) electrons. The van der Waals surface area contributed by atoms with Gasteiger partial charge in [0.05, 0.1) is 6.20 Å². The van der Waals surface area contributed by atoms with Crippen LogP contribution in [0, 0.1) is 5.92 Å². The minimum Gasteiger partial charge on any atom is -0.266 e. The fourth-order valence-corrected chi connectivity index (χ4v) is 3.72. The molecule has 1 aromatic heterocycles. The van der Waals surface area contributed by atoms with Gasteiger partial charge in [-0.1, -0.05) is 6.92 Å². The van der Waals surface area contributed by atoms with Crippen molar-refractivity contribution in [1.29, 1.82) is 0 Å². The molecule has 2 heterocycles. The van der Waals surface area contributed by atoms with E-state index in [1.165, 1.54) is 22.6 Å². The lowest BCUT2D eigenvalue weighted by molar-refractivity contribution is 0.193. The number of piperidine rings is 1. The first kappa shape index (κ1) is 12.9. The highest BCUT2D eigenvalue weighted by Gasteiger charge is 2.37. The second kappa shape index (κ2) is 5.01. The van der Waals surface area contributed by atoms with Gasteiger partial charge >= 0.3 is 0 Å². The van der Waals surface area contributed by atoms with Crippen LogP contribution in [0.15, 0.2) is 22.3 Å². The van der Waals surface area contributed by atoms with Gasteiger partial charge < -0.3 is 0 Å². The van der Waals surface area contributed by atoms with Crippen molar-refractivity contribution in [2.75, 3.05) is 6.54 Å². The van der Waals surface area contributed by atoms with Crippen LogP contribution in [-0.2, 0) is 14.8 Å². The molecule has 2 rings (SSSR count). The number of H-pyrrole nitrogens is 1. The number of nitrogens with one attached hydrogen (secondary N) is 1. The first-order valence-electron chi connectivity index (χ1n) is 5.65. The van der Waals surface area contributed by atoms with Crippen LogP contribution in [-0.4, -0.2) is 41.7 Å². The van der Waals surface area contributed by atoms with Gasteiger partial charge in [0.1, 0.15) is 6.17 Å². The number of isocyanates is 1. The third kappa shape index (κ3) is 2.22. The molecule has 0 aliphatic carbocycles. The van der Waals surface area contributed by atoms with E-state index < -0.39 is 16.2 Å². The van der Waals surface area contributed by atoms with E-state index in [-0.39, 0.29) is 10.9 Å². The first-order chi connectivity index (χ1) is 8.57. The van der Waals surface area contributed by atoms with Gasteiger partial charge in [0, 0.05) is 6.54 Å². The van der Waals surface area contributed by atoms with Crippen LogP contribution in [0.1, 0.15) is 19.8 Å². The summed E-state index contributed by atoms with van der Waals surface area (Å²) in [5.41, 5.74) is 0. The summed E-state index contributed by atoms with van der Waals surface area (Å²) in [7, 11) is -3.68. The van der Waals surface area contributed by atoms with E-state index in [9.17, 15) is 13.2 Å². The Morgan fingerprint density at radius 2 is 2.39 bits per heavy atom. The Bertz CT molecular complexity index is 548. The molecule has 0 spiro atoms. The first-order valence-corrected chi connectivity index (χ1v) is 7.09. The summed E-state index contributed by atoms with van der Waals surface area (Å²) >= 11 is 0. The van der Waals surface area contributed by atoms with E-state index in [0.29, 0.717) is 6.54 Å². The van der Waals surface area contributed by atoms with E-state index in [2.05, 4.69) is 15.2 Å². The Labute approximate surface area is 105 Å². The van der Waals surface area contributed by atoms with Gasteiger partial charge in [-0.15, -0.1) is 0 Å². The molecule has 18 heavy (non-hydrogen) atoms. The van der Waals surface area contributed by atoms with Crippen LogP contribution in [0.4, 0.5) is 0 Å². The highest BCUT2D eigenvalue weighted by atomic mass is 32.2. The molecule has 8 heteroatoms. The highest BCUT2D eigenvalue weighted by Crippen LogP contribution is 2.28. The topological polar surface area (TPSA) is 95.5 Å². The number of nitrogens with zero attached hydrogens (tertiary/aromatic N) is 3. The smallest absolute Gasteiger partial charge is 0.261 e. The molecule has 1 N–H and O–H groups in total. The van der Waals surface area contributed by atoms with Crippen LogP contribution < -0.4 is 0 Å². The maximum atomic E-state index is 12.3. The zero-order valence-corrected chi connectivity index (χ0v) is 10.7. The quantitative estimate of drug-likeness (QED) is 0.638. The number of hydrogen-bond donors (Lipinski definition) is 1. The lowest BCUT2D eigenvalue weighted by Gasteiger charge is -2.34. The number of hydrogen-bond acceptors (Lipinski definition) is 5. The molecule has 7 nitrogen and oxygen atoms in total. The van der Waals surface area contributed by atoms with Gasteiger partial charge in [-0.05, 0) is 24.8 Å². The predicted molar refractivity (Wildman–Crippen MR) is 62.8 cm³/mol. The standard InChI is InChI=1S/C10H14N4O3S/c1-8-3-2-6-14(10(8)11-7-15)18(16,17)9-4-5-12-13-9/h4-5,8,10H,2-3,6H2,1H3,(H,12,13). The van der Waals surface area contributed by atoms with Gasteiger partial charge in [-0.3, -0.25) is 5.10 Å². The van der Waals surface area contributed by atoms with E-state index in [4.69, 9.17) is 0 Å². The van der Waals surface area contributed by atoms with Crippen molar-refractivity contribution < 1.29 is 13.2 Å². The van der Waals surface area contributed by atoms with Crippen molar-refractivity contribution in [1.82, 2.24) is 14.5 Å². The molecule has 0 aromatic carbocycles. The van der Waals surface area contributed by atoms with E-state index in [0.717, 1.165) is 12.8 Å². The van der Waals surface area contributed by atoms with Crippen LogP contribution in [0.25, 0.3) is 0 Å². The van der Waals surface area contributed by atoms with Gasteiger partial charge in [-0.2, -0.15) is 14.4 Å². The average molecular weight is 270 g/mol. The zero-order chi connectivity index (χ0) is 13.2. The van der Waals surface area contributed by atoms with Crippen LogP contribution in [0.2, 0.25) is 0 Å². The van der Waals surface area contributed by atoms with Gasteiger partial charge in [0.25, 0.3) is 10.0 Å². The third-order valence-corrected chi connectivity index (χ3v) is 4.89. The summed E-state index contributed by atoms with van der Waals surface area (Å²) in [4.78, 5) is 14.1. The Morgan fingerprint density at radius 1 is 1.61 bits per heavy atom. The molecule has 1 fully saturated rings. The second-order valence-electron chi connectivity index (χ2n) is 4.29. The molecule has 1 saturated heterocycles. The van der Waals surface area contributed by atoms with Crippen LogP contribution in [0.5, 0.6) is 0 Å². The summed E-state index contributed by atoms with van der Waals surface area (Å²) in [6.07, 6.45) is 3.74. The van der Waals surface area contributed by atoms with Crippen molar-refractivity contribution in [2.45, 2.75) is 31.0 Å². The molecule has 2 unspecified atom stereocenters. The summed E-state index contributed by atoms with van der Waals surface area (Å²) in [5, 5.41) is 6.08. The Morgan fingerprint density at radius 3 is 3.00 bits per heavy atom. The summed E-state index contributed by atoms with van der Waals surface area (Å²) in [6, 6.07) is 1.39. The van der Waals surface area contributed by atoms with Gasteiger partial charge in [0.2, 0.25) is 6.08 Å². The molecular weight excluding hydrogens is 256 g/mol. The highest BCUT2D eigenvalue weighted by molar-refractivity contribution is 7.89. The monoisotopic (exact) mass is 270 g/mol. The molecule has 0 amide bonds. The maximum absolute atomic E-state index is 12.3. The largest absolute Gasteiger partial charge is 0.266 e. The number of aromatic nitrogens is 2. The Balaban J connectivity index is 2.38. The number of sulfonamides is 1. The van der Waals surface area contributed by atoms with Crippen LogP contribution >= 0.6 is 0 Å². The van der Waals surface area contributed by atoms with Crippen molar-refractivity contribution in [3.63, 3.8) is 0 Å². The fraction of sp³-hybridized carbons (Fsp3) is 0.600. The number of carbonyl (C=O) groups excluding carboxylic acids is 1. The maximum Gasteiger partial charge on any atom is 0.261 e. The average Bonchev–Trinajstić information content (AvgIpc) is 2.86. The normalized spacial score (nSPS) is 25.6. The Hall–Kier alpha value is -1.50. The van der Waals surface area contributed by atoms with E-state index in [1.807, 2.05) is 6.92 Å². The van der Waals surface area contributed by atoms with Crippen LogP contribution in [0.3, 0.4) is 0 Å². The second-order valence-corrected chi connectivity index (χ2v) is 6.15. The minimum atomic E-state index is -3.68. The van der Waals surface area contributed by atoms with Crippen molar-refractivity contribution in [2.24, 2.45) is 10.9 Å². The molecule has 98 valence electrons. The molecule has 1 aromatic rings. The van der Waals surface area contributed by atoms with Gasteiger partial charge in [0.15, 0.2) is 5.03 Å². The Kier molecular flexibility index (Phi) is 3.60. The molecular formula is C10H14N4O3S. The SMILES string of the molecule is CC1CCCN(S(=O)(=O)c2ccn[nH]2)C1N=C=O. The number of aliphatic imine (C=N–C) groups is 1. The number of rotatable bonds is 3. The molecule has 0 saturated carbocycles. The number of aromatic amines is 1. The minimum absolute atomic E-state index is 0.00195. The molecule has 2 atom stereocenters. The van der Waals surface area contributed by atoms with Gasteiger partial charge in [-0.25, -0.2) is 13.2 Å². The molecule has 1 aliphatic rings. The predicted octanol–water partition coefficient (Wildman–Crippen LogP) is 0.492. The summed E-state index contributed by atoms with van der Waals surface area (Å²) < 4.78 is 25.9.